The van der Waals surface area contributed by atoms with E-state index in [0.717, 1.165) is 12.8 Å². The first-order valence-corrected chi connectivity index (χ1v) is 9.13. The van der Waals surface area contributed by atoms with Gasteiger partial charge in [0.2, 0.25) is 0 Å². The molecule has 0 amide bonds. The molecule has 0 nitrogen and oxygen atoms in total. The molecule has 4 aromatic rings. The molecular weight excluding hydrogens is 312 g/mol. The van der Waals surface area contributed by atoms with Crippen LogP contribution in [-0.2, 0) is 12.8 Å². The molecule has 0 aliphatic carbocycles. The average Bonchev–Trinajstić information content (AvgIpc) is 2.72. The van der Waals surface area contributed by atoms with Crippen LogP contribution < -0.4 is 0 Å². The maximum absolute atomic E-state index is 2.25. The van der Waals surface area contributed by atoms with Crippen LogP contribution in [0.4, 0.5) is 0 Å². The summed E-state index contributed by atoms with van der Waals surface area (Å²) in [4.78, 5) is 0. The van der Waals surface area contributed by atoms with Crippen LogP contribution in [0.25, 0.3) is 11.1 Å². The van der Waals surface area contributed by atoms with Gasteiger partial charge in [-0.2, -0.15) is 0 Å². The minimum atomic E-state index is 0.973. The zero-order valence-corrected chi connectivity index (χ0v) is 14.8. The molecule has 0 heterocycles. The van der Waals surface area contributed by atoms with Crippen LogP contribution in [0, 0.1) is 0 Å². The Hall–Kier alpha value is -3.12. The summed E-state index contributed by atoms with van der Waals surface area (Å²) in [6.07, 6.45) is 1.97. The molecule has 0 aliphatic heterocycles. The Kier molecular flexibility index (Phi) is 4.93. The fourth-order valence-electron chi connectivity index (χ4n) is 3.29. The standard InChI is InChI=1S/C26H22/c1-3-7-21(8-4-1)19-22-11-13-23(14-12-22)20-24-15-17-26(18-16-24)25-9-5-2-6-10-25/h1-18H,19-20H2. The Morgan fingerprint density at radius 1 is 0.308 bits per heavy atom. The molecule has 0 unspecified atom stereocenters. The molecule has 126 valence electrons. The lowest BCUT2D eigenvalue weighted by atomic mass is 9.98. The molecular formula is C26H22. The van der Waals surface area contributed by atoms with E-state index in [2.05, 4.69) is 109 Å². The van der Waals surface area contributed by atoms with Crippen molar-refractivity contribution < 1.29 is 0 Å². The number of hydrogen-bond acceptors (Lipinski definition) is 0. The van der Waals surface area contributed by atoms with Gasteiger partial charge in [-0.05, 0) is 46.2 Å². The highest BCUT2D eigenvalue weighted by Crippen LogP contribution is 2.20. The summed E-state index contributed by atoms with van der Waals surface area (Å²) in [5.74, 6) is 0. The number of hydrogen-bond donors (Lipinski definition) is 0. The van der Waals surface area contributed by atoms with Gasteiger partial charge in [0.15, 0.2) is 0 Å². The van der Waals surface area contributed by atoms with Gasteiger partial charge in [-0.15, -0.1) is 0 Å². The van der Waals surface area contributed by atoms with E-state index < -0.39 is 0 Å². The number of rotatable bonds is 5. The summed E-state index contributed by atoms with van der Waals surface area (Å²) in [6.45, 7) is 0. The third-order valence-corrected chi connectivity index (χ3v) is 4.74. The quantitative estimate of drug-likeness (QED) is 0.389. The predicted molar refractivity (Wildman–Crippen MR) is 110 cm³/mol. The molecule has 26 heavy (non-hydrogen) atoms. The van der Waals surface area contributed by atoms with Gasteiger partial charge in [0.05, 0.1) is 0 Å². The molecule has 0 atom stereocenters. The van der Waals surface area contributed by atoms with E-state index in [9.17, 15) is 0 Å². The van der Waals surface area contributed by atoms with Gasteiger partial charge in [0.1, 0.15) is 0 Å². The minimum absolute atomic E-state index is 0.973. The summed E-state index contributed by atoms with van der Waals surface area (Å²) < 4.78 is 0. The van der Waals surface area contributed by atoms with Crippen LogP contribution in [0.15, 0.2) is 109 Å². The zero-order valence-electron chi connectivity index (χ0n) is 14.8. The second-order valence-corrected chi connectivity index (χ2v) is 6.72. The Morgan fingerprint density at radius 3 is 1.15 bits per heavy atom. The smallest absolute Gasteiger partial charge is 0.00258 e. The molecule has 0 saturated carbocycles. The van der Waals surface area contributed by atoms with Gasteiger partial charge in [0, 0.05) is 0 Å². The molecule has 0 aromatic heterocycles. The summed E-state index contributed by atoms with van der Waals surface area (Å²) in [5, 5.41) is 0. The lowest BCUT2D eigenvalue weighted by Crippen LogP contribution is -1.91. The van der Waals surface area contributed by atoms with E-state index in [-0.39, 0.29) is 0 Å². The molecule has 0 aliphatic rings. The van der Waals surface area contributed by atoms with Crippen LogP contribution in [0.2, 0.25) is 0 Å². The molecule has 0 fully saturated rings. The highest BCUT2D eigenvalue weighted by Gasteiger charge is 2.01. The van der Waals surface area contributed by atoms with E-state index in [1.54, 1.807) is 0 Å². The first-order chi connectivity index (χ1) is 12.9. The van der Waals surface area contributed by atoms with Gasteiger partial charge in [-0.3, -0.25) is 0 Å². The van der Waals surface area contributed by atoms with Crippen LogP contribution >= 0.6 is 0 Å². The average molecular weight is 334 g/mol. The fraction of sp³-hybridized carbons (Fsp3) is 0.0769. The summed E-state index contributed by atoms with van der Waals surface area (Å²) in [5.41, 5.74) is 7.96. The van der Waals surface area contributed by atoms with Crippen LogP contribution in [0.3, 0.4) is 0 Å². The molecule has 0 bridgehead atoms. The Balaban J connectivity index is 1.42. The van der Waals surface area contributed by atoms with Crippen molar-refractivity contribution in [3.63, 3.8) is 0 Å². The van der Waals surface area contributed by atoms with Gasteiger partial charge in [0.25, 0.3) is 0 Å². The van der Waals surface area contributed by atoms with E-state index >= 15 is 0 Å². The van der Waals surface area contributed by atoms with Crippen molar-refractivity contribution in [1.82, 2.24) is 0 Å². The Labute approximate surface area is 155 Å². The first kappa shape index (κ1) is 16.4. The van der Waals surface area contributed by atoms with Gasteiger partial charge >= 0.3 is 0 Å². The second kappa shape index (κ2) is 7.84. The third kappa shape index (κ3) is 4.10. The third-order valence-electron chi connectivity index (χ3n) is 4.74. The van der Waals surface area contributed by atoms with Gasteiger partial charge in [-0.25, -0.2) is 0 Å². The highest BCUT2D eigenvalue weighted by molar-refractivity contribution is 5.63. The lowest BCUT2D eigenvalue weighted by Gasteiger charge is -2.07. The fourth-order valence-corrected chi connectivity index (χ4v) is 3.29. The zero-order chi connectivity index (χ0) is 17.6. The van der Waals surface area contributed by atoms with E-state index in [4.69, 9.17) is 0 Å². The maximum atomic E-state index is 2.25. The molecule has 0 N–H and O–H groups in total. The van der Waals surface area contributed by atoms with Crippen molar-refractivity contribution in [2.24, 2.45) is 0 Å². The van der Waals surface area contributed by atoms with Crippen LogP contribution in [0.1, 0.15) is 22.3 Å². The monoisotopic (exact) mass is 334 g/mol. The molecule has 0 heteroatoms. The van der Waals surface area contributed by atoms with E-state index in [0.29, 0.717) is 0 Å². The summed E-state index contributed by atoms with van der Waals surface area (Å²) in [7, 11) is 0. The molecule has 0 saturated heterocycles. The molecule has 0 spiro atoms. The van der Waals surface area contributed by atoms with Crippen LogP contribution in [-0.4, -0.2) is 0 Å². The predicted octanol–water partition coefficient (Wildman–Crippen LogP) is 6.54. The van der Waals surface area contributed by atoms with E-state index in [1.165, 1.54) is 33.4 Å². The summed E-state index contributed by atoms with van der Waals surface area (Å²) in [6, 6.07) is 39.1. The van der Waals surface area contributed by atoms with Crippen molar-refractivity contribution in [2.75, 3.05) is 0 Å². The normalized spacial score (nSPS) is 10.6. The molecule has 0 radical (unpaired) electrons. The van der Waals surface area contributed by atoms with Crippen molar-refractivity contribution in [3.8, 4) is 11.1 Å². The first-order valence-electron chi connectivity index (χ1n) is 9.13. The Bertz CT molecular complexity index is 934. The van der Waals surface area contributed by atoms with Crippen molar-refractivity contribution in [3.05, 3.63) is 131 Å². The van der Waals surface area contributed by atoms with Crippen molar-refractivity contribution >= 4 is 0 Å². The second-order valence-electron chi connectivity index (χ2n) is 6.72. The number of benzene rings is 4. The molecule has 4 rings (SSSR count). The Morgan fingerprint density at radius 2 is 0.654 bits per heavy atom. The topological polar surface area (TPSA) is 0 Å². The van der Waals surface area contributed by atoms with Gasteiger partial charge < -0.3 is 0 Å². The molecule has 4 aromatic carbocycles. The van der Waals surface area contributed by atoms with Gasteiger partial charge in [-0.1, -0.05) is 109 Å². The van der Waals surface area contributed by atoms with Crippen LogP contribution in [0.5, 0.6) is 0 Å². The van der Waals surface area contributed by atoms with Crippen molar-refractivity contribution in [1.29, 1.82) is 0 Å². The highest BCUT2D eigenvalue weighted by atomic mass is 14.1. The SMILES string of the molecule is c1ccc(Cc2ccc(Cc3ccc(-c4ccccc4)cc3)cc2)cc1. The minimum Gasteiger partial charge on any atom is -0.0622 e. The summed E-state index contributed by atoms with van der Waals surface area (Å²) >= 11 is 0. The van der Waals surface area contributed by atoms with Crippen molar-refractivity contribution in [2.45, 2.75) is 12.8 Å². The largest absolute Gasteiger partial charge is 0.0622 e. The van der Waals surface area contributed by atoms with E-state index in [1.807, 2.05) is 0 Å². The lowest BCUT2D eigenvalue weighted by molar-refractivity contribution is 1.15. The maximum Gasteiger partial charge on any atom is -0.00258 e.